The Labute approximate surface area is 124 Å². The van der Waals surface area contributed by atoms with E-state index in [1.54, 1.807) is 12.1 Å². The van der Waals surface area contributed by atoms with E-state index in [9.17, 15) is 4.79 Å². The Morgan fingerprint density at radius 3 is 2.48 bits per heavy atom. The Morgan fingerprint density at radius 2 is 1.81 bits per heavy atom. The van der Waals surface area contributed by atoms with Gasteiger partial charge in [-0.25, -0.2) is 0 Å². The van der Waals surface area contributed by atoms with Gasteiger partial charge in [-0.3, -0.25) is 4.79 Å². The quantitative estimate of drug-likeness (QED) is 0.884. The average molecular weight is 285 g/mol. The van der Waals surface area contributed by atoms with E-state index in [1.165, 1.54) is 0 Å². The molecule has 2 aromatic carbocycles. The van der Waals surface area contributed by atoms with Crippen LogP contribution in [0.3, 0.4) is 0 Å². The fourth-order valence-electron chi connectivity index (χ4n) is 1.85. The SMILES string of the molecule is CCOc1ccc(NC(=O)COc2cccc(C)c2)cc1. The van der Waals surface area contributed by atoms with Crippen molar-refractivity contribution in [2.45, 2.75) is 13.8 Å². The maximum atomic E-state index is 11.8. The van der Waals surface area contributed by atoms with Crippen LogP contribution in [0.2, 0.25) is 0 Å². The largest absolute Gasteiger partial charge is 0.494 e. The van der Waals surface area contributed by atoms with Crippen LogP contribution in [-0.2, 0) is 4.79 Å². The smallest absolute Gasteiger partial charge is 0.262 e. The van der Waals surface area contributed by atoms with Crippen molar-refractivity contribution in [2.24, 2.45) is 0 Å². The fraction of sp³-hybridized carbons (Fsp3) is 0.235. The first kappa shape index (κ1) is 14.9. The van der Waals surface area contributed by atoms with Crippen molar-refractivity contribution in [3.8, 4) is 11.5 Å². The molecule has 4 heteroatoms. The highest BCUT2D eigenvalue weighted by molar-refractivity contribution is 5.91. The van der Waals surface area contributed by atoms with Crippen LogP contribution in [0, 0.1) is 6.92 Å². The van der Waals surface area contributed by atoms with Crippen LogP contribution < -0.4 is 14.8 Å². The minimum atomic E-state index is -0.194. The van der Waals surface area contributed by atoms with Gasteiger partial charge in [0, 0.05) is 5.69 Å². The van der Waals surface area contributed by atoms with Gasteiger partial charge in [-0.1, -0.05) is 12.1 Å². The molecule has 0 aliphatic rings. The number of anilines is 1. The summed E-state index contributed by atoms with van der Waals surface area (Å²) in [5, 5.41) is 2.78. The number of nitrogens with one attached hydrogen (secondary N) is 1. The summed E-state index contributed by atoms with van der Waals surface area (Å²) in [5.74, 6) is 1.28. The molecule has 2 rings (SSSR count). The molecular weight excluding hydrogens is 266 g/mol. The second-order valence-electron chi connectivity index (χ2n) is 4.61. The molecule has 2 aromatic rings. The van der Waals surface area contributed by atoms with Crippen molar-refractivity contribution < 1.29 is 14.3 Å². The number of carbonyl (C=O) groups is 1. The molecule has 4 nitrogen and oxygen atoms in total. The van der Waals surface area contributed by atoms with E-state index < -0.39 is 0 Å². The van der Waals surface area contributed by atoms with Crippen LogP contribution in [-0.4, -0.2) is 19.1 Å². The second-order valence-corrected chi connectivity index (χ2v) is 4.61. The van der Waals surface area contributed by atoms with Crippen molar-refractivity contribution in [3.05, 3.63) is 54.1 Å². The maximum absolute atomic E-state index is 11.8. The molecule has 0 saturated carbocycles. The zero-order valence-corrected chi connectivity index (χ0v) is 12.3. The first-order valence-electron chi connectivity index (χ1n) is 6.89. The van der Waals surface area contributed by atoms with Crippen LogP contribution in [0.25, 0.3) is 0 Å². The maximum Gasteiger partial charge on any atom is 0.262 e. The molecule has 21 heavy (non-hydrogen) atoms. The zero-order chi connectivity index (χ0) is 15.1. The van der Waals surface area contributed by atoms with Crippen LogP contribution in [0.4, 0.5) is 5.69 Å². The molecule has 0 unspecified atom stereocenters. The fourth-order valence-corrected chi connectivity index (χ4v) is 1.85. The Bertz CT molecular complexity index is 593. The first-order chi connectivity index (χ1) is 10.2. The molecule has 0 atom stereocenters. The highest BCUT2D eigenvalue weighted by atomic mass is 16.5. The van der Waals surface area contributed by atoms with Gasteiger partial charge in [-0.15, -0.1) is 0 Å². The summed E-state index contributed by atoms with van der Waals surface area (Å²) < 4.78 is 10.8. The standard InChI is InChI=1S/C17H19NO3/c1-3-20-15-9-7-14(8-10-15)18-17(19)12-21-16-6-4-5-13(2)11-16/h4-11H,3,12H2,1-2H3,(H,18,19). The van der Waals surface area contributed by atoms with E-state index in [0.717, 1.165) is 17.0 Å². The highest BCUT2D eigenvalue weighted by Gasteiger charge is 2.04. The van der Waals surface area contributed by atoms with Crippen molar-refractivity contribution in [3.63, 3.8) is 0 Å². The number of carbonyl (C=O) groups excluding carboxylic acids is 1. The number of hydrogen-bond donors (Lipinski definition) is 1. The molecule has 0 aliphatic carbocycles. The van der Waals surface area contributed by atoms with Gasteiger partial charge in [-0.05, 0) is 55.8 Å². The van der Waals surface area contributed by atoms with Crippen LogP contribution >= 0.6 is 0 Å². The summed E-state index contributed by atoms with van der Waals surface area (Å²) in [6.07, 6.45) is 0. The molecular formula is C17H19NO3. The van der Waals surface area contributed by atoms with Gasteiger partial charge in [-0.2, -0.15) is 0 Å². The molecule has 0 saturated heterocycles. The van der Waals surface area contributed by atoms with E-state index in [1.807, 2.05) is 50.2 Å². The number of amides is 1. The van der Waals surface area contributed by atoms with Crippen molar-refractivity contribution in [2.75, 3.05) is 18.5 Å². The molecule has 0 heterocycles. The molecule has 0 aromatic heterocycles. The molecule has 1 N–H and O–H groups in total. The molecule has 0 spiro atoms. The number of rotatable bonds is 6. The lowest BCUT2D eigenvalue weighted by molar-refractivity contribution is -0.118. The Kier molecular flexibility index (Phi) is 5.21. The molecule has 0 radical (unpaired) electrons. The van der Waals surface area contributed by atoms with Gasteiger partial charge in [0.05, 0.1) is 6.61 Å². The van der Waals surface area contributed by atoms with Crippen molar-refractivity contribution in [1.82, 2.24) is 0 Å². The summed E-state index contributed by atoms with van der Waals surface area (Å²) in [6.45, 7) is 4.51. The zero-order valence-electron chi connectivity index (χ0n) is 12.3. The summed E-state index contributed by atoms with van der Waals surface area (Å²) >= 11 is 0. The summed E-state index contributed by atoms with van der Waals surface area (Å²) in [6, 6.07) is 14.8. The number of benzene rings is 2. The van der Waals surface area contributed by atoms with E-state index in [-0.39, 0.29) is 12.5 Å². The Balaban J connectivity index is 1.84. The van der Waals surface area contributed by atoms with E-state index in [4.69, 9.17) is 9.47 Å². The first-order valence-corrected chi connectivity index (χ1v) is 6.89. The lowest BCUT2D eigenvalue weighted by Gasteiger charge is -2.09. The summed E-state index contributed by atoms with van der Waals surface area (Å²) in [7, 11) is 0. The highest BCUT2D eigenvalue weighted by Crippen LogP contribution is 2.16. The van der Waals surface area contributed by atoms with E-state index in [2.05, 4.69) is 5.32 Å². The number of ether oxygens (including phenoxy) is 2. The van der Waals surface area contributed by atoms with Crippen LogP contribution in [0.5, 0.6) is 11.5 Å². The van der Waals surface area contributed by atoms with Crippen LogP contribution in [0.1, 0.15) is 12.5 Å². The average Bonchev–Trinajstić information content (AvgIpc) is 2.48. The Hall–Kier alpha value is -2.49. The van der Waals surface area contributed by atoms with Gasteiger partial charge in [0.15, 0.2) is 6.61 Å². The van der Waals surface area contributed by atoms with Gasteiger partial charge in [0.2, 0.25) is 0 Å². The number of aryl methyl sites for hydroxylation is 1. The van der Waals surface area contributed by atoms with Gasteiger partial charge >= 0.3 is 0 Å². The van der Waals surface area contributed by atoms with E-state index in [0.29, 0.717) is 12.4 Å². The lowest BCUT2D eigenvalue weighted by atomic mass is 10.2. The number of hydrogen-bond acceptors (Lipinski definition) is 3. The second kappa shape index (κ2) is 7.33. The van der Waals surface area contributed by atoms with Gasteiger partial charge in [0.25, 0.3) is 5.91 Å². The third-order valence-electron chi connectivity index (χ3n) is 2.81. The van der Waals surface area contributed by atoms with Gasteiger partial charge < -0.3 is 14.8 Å². The van der Waals surface area contributed by atoms with Crippen molar-refractivity contribution >= 4 is 11.6 Å². The monoisotopic (exact) mass is 285 g/mol. The van der Waals surface area contributed by atoms with Crippen LogP contribution in [0.15, 0.2) is 48.5 Å². The summed E-state index contributed by atoms with van der Waals surface area (Å²) in [5.41, 5.74) is 1.82. The third-order valence-corrected chi connectivity index (χ3v) is 2.81. The minimum absolute atomic E-state index is 0.0172. The predicted octanol–water partition coefficient (Wildman–Crippen LogP) is 3.41. The minimum Gasteiger partial charge on any atom is -0.494 e. The molecule has 0 fully saturated rings. The van der Waals surface area contributed by atoms with E-state index >= 15 is 0 Å². The topological polar surface area (TPSA) is 47.6 Å². The van der Waals surface area contributed by atoms with Crippen molar-refractivity contribution in [1.29, 1.82) is 0 Å². The predicted molar refractivity (Wildman–Crippen MR) is 82.9 cm³/mol. The third kappa shape index (κ3) is 4.84. The van der Waals surface area contributed by atoms with Gasteiger partial charge in [0.1, 0.15) is 11.5 Å². The summed E-state index contributed by atoms with van der Waals surface area (Å²) in [4.78, 5) is 11.8. The molecule has 110 valence electrons. The Morgan fingerprint density at radius 1 is 1.05 bits per heavy atom. The molecule has 0 aliphatic heterocycles. The molecule has 0 bridgehead atoms. The molecule has 1 amide bonds. The normalized spacial score (nSPS) is 10.0. The lowest BCUT2D eigenvalue weighted by Crippen LogP contribution is -2.20.